The Labute approximate surface area is 105 Å². The van der Waals surface area contributed by atoms with Crippen molar-refractivity contribution in [3.05, 3.63) is 30.1 Å². The lowest BCUT2D eigenvalue weighted by molar-refractivity contribution is -0.139. The zero-order valence-corrected chi connectivity index (χ0v) is 10.4. The number of para-hydroxylation sites is 2. The lowest BCUT2D eigenvalue weighted by Gasteiger charge is -2.15. The number of carboxylic acids is 1. The molecule has 0 saturated carbocycles. The van der Waals surface area contributed by atoms with Crippen molar-refractivity contribution >= 4 is 17.0 Å². The number of benzene rings is 1. The molecule has 0 aliphatic rings. The van der Waals surface area contributed by atoms with E-state index in [0.29, 0.717) is 5.82 Å². The highest BCUT2D eigenvalue weighted by Crippen LogP contribution is 2.26. The normalized spacial score (nSPS) is 13.1. The van der Waals surface area contributed by atoms with Crippen molar-refractivity contribution in [3.8, 4) is 0 Å². The second-order valence-electron chi connectivity index (χ2n) is 4.54. The van der Waals surface area contributed by atoms with Gasteiger partial charge in [0, 0.05) is 6.04 Å². The van der Waals surface area contributed by atoms with Gasteiger partial charge in [0.05, 0.1) is 17.5 Å². The highest BCUT2D eigenvalue weighted by atomic mass is 16.4. The van der Waals surface area contributed by atoms with Crippen LogP contribution in [0, 0.1) is 0 Å². The number of aromatic nitrogens is 2. The number of carbonyl (C=O) groups is 1. The van der Waals surface area contributed by atoms with Gasteiger partial charge in [-0.05, 0) is 26.0 Å². The number of hydrogen-bond acceptors (Lipinski definition) is 3. The molecule has 0 aliphatic carbocycles. The molecule has 5 heteroatoms. The van der Waals surface area contributed by atoms with Gasteiger partial charge >= 0.3 is 5.97 Å². The third-order valence-corrected chi connectivity index (χ3v) is 2.81. The van der Waals surface area contributed by atoms with E-state index in [2.05, 4.69) is 4.98 Å². The van der Waals surface area contributed by atoms with Crippen LogP contribution in [0.5, 0.6) is 0 Å². The van der Waals surface area contributed by atoms with E-state index >= 15 is 0 Å². The fourth-order valence-corrected chi connectivity index (χ4v) is 2.10. The molecule has 0 fully saturated rings. The maximum Gasteiger partial charge on any atom is 0.306 e. The maximum atomic E-state index is 10.7. The lowest BCUT2D eigenvalue weighted by Crippen LogP contribution is -2.13. The van der Waals surface area contributed by atoms with Gasteiger partial charge in [-0.1, -0.05) is 12.1 Å². The van der Waals surface area contributed by atoms with Gasteiger partial charge in [0.2, 0.25) is 0 Å². The second-order valence-corrected chi connectivity index (χ2v) is 4.54. The summed E-state index contributed by atoms with van der Waals surface area (Å²) >= 11 is 0. The van der Waals surface area contributed by atoms with Crippen molar-refractivity contribution in [2.24, 2.45) is 0 Å². The maximum absolute atomic E-state index is 10.7. The predicted octanol–water partition coefficient (Wildman–Crippen LogP) is 2.13. The van der Waals surface area contributed by atoms with Gasteiger partial charge in [0.1, 0.15) is 11.9 Å². The van der Waals surface area contributed by atoms with Crippen molar-refractivity contribution in [1.29, 1.82) is 0 Å². The minimum Gasteiger partial charge on any atom is -0.481 e. The topological polar surface area (TPSA) is 75.4 Å². The van der Waals surface area contributed by atoms with Crippen LogP contribution in [0.2, 0.25) is 0 Å². The number of imidazole rings is 1. The summed E-state index contributed by atoms with van der Waals surface area (Å²) in [6.45, 7) is 3.95. The Morgan fingerprint density at radius 1 is 1.39 bits per heavy atom. The van der Waals surface area contributed by atoms with Crippen molar-refractivity contribution in [1.82, 2.24) is 9.55 Å². The summed E-state index contributed by atoms with van der Waals surface area (Å²) in [7, 11) is 0. The first-order valence-corrected chi connectivity index (χ1v) is 5.87. The summed E-state index contributed by atoms with van der Waals surface area (Å²) in [5, 5.41) is 18.7. The lowest BCUT2D eigenvalue weighted by atomic mass is 10.2. The SMILES string of the molecule is CC(C)n1c([C@H](O)CC(=O)O)nc2ccccc21. The molecule has 1 atom stereocenters. The van der Waals surface area contributed by atoms with E-state index in [1.807, 2.05) is 42.7 Å². The summed E-state index contributed by atoms with van der Waals surface area (Å²) in [6.07, 6.45) is -1.42. The number of fused-ring (bicyclic) bond motifs is 1. The number of nitrogens with zero attached hydrogens (tertiary/aromatic N) is 2. The highest BCUT2D eigenvalue weighted by molar-refractivity contribution is 5.76. The van der Waals surface area contributed by atoms with Crippen LogP contribution in [-0.2, 0) is 4.79 Å². The van der Waals surface area contributed by atoms with Gasteiger partial charge in [-0.15, -0.1) is 0 Å². The Kier molecular flexibility index (Phi) is 3.34. The third kappa shape index (κ3) is 2.22. The van der Waals surface area contributed by atoms with E-state index in [4.69, 9.17) is 5.11 Å². The first kappa shape index (κ1) is 12.6. The van der Waals surface area contributed by atoms with Crippen LogP contribution in [0.1, 0.15) is 38.2 Å². The molecular formula is C13H16N2O3. The van der Waals surface area contributed by atoms with Crippen LogP contribution in [0.3, 0.4) is 0 Å². The number of carboxylic acid groups (broad SMARTS) is 1. The van der Waals surface area contributed by atoms with Gasteiger partial charge in [-0.2, -0.15) is 0 Å². The first-order valence-electron chi connectivity index (χ1n) is 5.87. The van der Waals surface area contributed by atoms with Crippen molar-refractivity contribution in [2.45, 2.75) is 32.4 Å². The molecule has 0 unspecified atom stereocenters. The Bertz CT molecular complexity index is 575. The van der Waals surface area contributed by atoms with E-state index in [9.17, 15) is 9.90 Å². The fraction of sp³-hybridized carbons (Fsp3) is 0.385. The number of hydrogen-bond donors (Lipinski definition) is 2. The summed E-state index contributed by atoms with van der Waals surface area (Å²) in [5.41, 5.74) is 1.68. The number of rotatable bonds is 4. The smallest absolute Gasteiger partial charge is 0.306 e. The quantitative estimate of drug-likeness (QED) is 0.869. The van der Waals surface area contributed by atoms with Crippen LogP contribution in [0.15, 0.2) is 24.3 Å². The molecule has 2 aromatic rings. The van der Waals surface area contributed by atoms with Gasteiger partial charge < -0.3 is 14.8 Å². The standard InChI is InChI=1S/C13H16N2O3/c1-8(2)15-10-6-4-3-5-9(10)14-13(15)11(16)7-12(17)18/h3-6,8,11,16H,7H2,1-2H3,(H,17,18)/t11-/m1/s1. The molecule has 5 nitrogen and oxygen atoms in total. The molecule has 0 bridgehead atoms. The van der Waals surface area contributed by atoms with E-state index < -0.39 is 12.1 Å². The predicted molar refractivity (Wildman–Crippen MR) is 67.3 cm³/mol. The molecule has 0 spiro atoms. The molecule has 96 valence electrons. The Balaban J connectivity index is 2.55. The monoisotopic (exact) mass is 248 g/mol. The van der Waals surface area contributed by atoms with E-state index in [1.165, 1.54) is 0 Å². The largest absolute Gasteiger partial charge is 0.481 e. The van der Waals surface area contributed by atoms with E-state index in [1.54, 1.807) is 0 Å². The minimum atomic E-state index is -1.09. The Morgan fingerprint density at radius 3 is 2.67 bits per heavy atom. The van der Waals surface area contributed by atoms with Crippen molar-refractivity contribution in [2.75, 3.05) is 0 Å². The highest BCUT2D eigenvalue weighted by Gasteiger charge is 2.21. The second kappa shape index (κ2) is 4.78. The summed E-state index contributed by atoms with van der Waals surface area (Å²) in [4.78, 5) is 15.0. The Hall–Kier alpha value is -1.88. The van der Waals surface area contributed by atoms with Crippen molar-refractivity contribution in [3.63, 3.8) is 0 Å². The third-order valence-electron chi connectivity index (χ3n) is 2.81. The van der Waals surface area contributed by atoms with Crippen LogP contribution in [0.4, 0.5) is 0 Å². The molecular weight excluding hydrogens is 232 g/mol. The molecule has 1 aromatic carbocycles. The van der Waals surface area contributed by atoms with Gasteiger partial charge in [-0.25, -0.2) is 4.98 Å². The van der Waals surface area contributed by atoms with Crippen LogP contribution in [-0.4, -0.2) is 25.7 Å². The fourth-order valence-electron chi connectivity index (χ4n) is 2.10. The molecule has 0 radical (unpaired) electrons. The van der Waals surface area contributed by atoms with E-state index in [-0.39, 0.29) is 12.5 Å². The number of aliphatic carboxylic acids is 1. The van der Waals surface area contributed by atoms with Crippen LogP contribution in [0.25, 0.3) is 11.0 Å². The average molecular weight is 248 g/mol. The number of aliphatic hydroxyl groups is 1. The summed E-state index contributed by atoms with van der Waals surface area (Å²) in [5.74, 6) is -0.626. The average Bonchev–Trinajstić information content (AvgIpc) is 2.67. The molecule has 2 rings (SSSR count). The molecule has 0 amide bonds. The van der Waals surface area contributed by atoms with Gasteiger partial charge in [-0.3, -0.25) is 4.79 Å². The minimum absolute atomic E-state index is 0.107. The molecule has 0 aliphatic heterocycles. The molecule has 1 aromatic heterocycles. The Morgan fingerprint density at radius 2 is 2.06 bits per heavy atom. The zero-order chi connectivity index (χ0) is 13.3. The van der Waals surface area contributed by atoms with Crippen molar-refractivity contribution < 1.29 is 15.0 Å². The molecule has 18 heavy (non-hydrogen) atoms. The van der Waals surface area contributed by atoms with Crippen LogP contribution < -0.4 is 0 Å². The summed E-state index contributed by atoms with van der Waals surface area (Å²) < 4.78 is 1.88. The van der Waals surface area contributed by atoms with Gasteiger partial charge in [0.15, 0.2) is 0 Å². The first-order chi connectivity index (χ1) is 8.50. The molecule has 1 heterocycles. The molecule has 0 saturated heterocycles. The zero-order valence-electron chi connectivity index (χ0n) is 10.4. The van der Waals surface area contributed by atoms with Gasteiger partial charge in [0.25, 0.3) is 0 Å². The number of aliphatic hydroxyl groups excluding tert-OH is 1. The van der Waals surface area contributed by atoms with Crippen LogP contribution >= 0.6 is 0 Å². The van der Waals surface area contributed by atoms with E-state index in [0.717, 1.165) is 11.0 Å². The summed E-state index contributed by atoms with van der Waals surface area (Å²) in [6, 6.07) is 7.64. The molecule has 2 N–H and O–H groups in total.